The summed E-state index contributed by atoms with van der Waals surface area (Å²) in [6, 6.07) is 0. The molecule has 1 unspecified atom stereocenters. The van der Waals surface area contributed by atoms with E-state index in [9.17, 15) is 5.11 Å². The molecule has 1 aromatic rings. The standard InChI is InChI=1S/C9H16N2OS/c1-4-9(3,12)6-10-8-11-7(2)5-13-8/h5,12H,4,6H2,1-3H3,(H,10,11). The third-order valence-corrected chi connectivity index (χ3v) is 2.92. The Hall–Kier alpha value is -0.610. The molecule has 0 aliphatic heterocycles. The van der Waals surface area contributed by atoms with Gasteiger partial charge in [0, 0.05) is 11.9 Å². The number of aryl methyl sites for hydroxylation is 1. The van der Waals surface area contributed by atoms with Crippen LogP contribution in [-0.4, -0.2) is 22.2 Å². The van der Waals surface area contributed by atoms with Crippen LogP contribution in [0.4, 0.5) is 5.13 Å². The van der Waals surface area contributed by atoms with Crippen molar-refractivity contribution in [3.05, 3.63) is 11.1 Å². The third kappa shape index (κ3) is 3.32. The van der Waals surface area contributed by atoms with Gasteiger partial charge in [-0.1, -0.05) is 6.92 Å². The van der Waals surface area contributed by atoms with Gasteiger partial charge in [0.1, 0.15) is 0 Å². The normalized spacial score (nSPS) is 15.4. The van der Waals surface area contributed by atoms with Crippen molar-refractivity contribution < 1.29 is 5.11 Å². The summed E-state index contributed by atoms with van der Waals surface area (Å²) in [5, 5.41) is 15.7. The molecule has 4 heteroatoms. The van der Waals surface area contributed by atoms with Crippen molar-refractivity contribution in [1.29, 1.82) is 0 Å². The molecule has 1 atom stereocenters. The topological polar surface area (TPSA) is 45.1 Å². The molecule has 0 aliphatic rings. The Morgan fingerprint density at radius 1 is 1.69 bits per heavy atom. The Morgan fingerprint density at radius 2 is 2.38 bits per heavy atom. The van der Waals surface area contributed by atoms with Gasteiger partial charge in [0.15, 0.2) is 5.13 Å². The average molecular weight is 200 g/mol. The molecule has 0 amide bonds. The van der Waals surface area contributed by atoms with Crippen LogP contribution in [0.2, 0.25) is 0 Å². The van der Waals surface area contributed by atoms with Gasteiger partial charge in [-0.05, 0) is 20.3 Å². The highest BCUT2D eigenvalue weighted by Gasteiger charge is 2.17. The van der Waals surface area contributed by atoms with E-state index in [1.165, 1.54) is 0 Å². The number of hydrogen-bond donors (Lipinski definition) is 2. The first-order chi connectivity index (χ1) is 6.03. The SMILES string of the molecule is CCC(C)(O)CNc1nc(C)cs1. The molecule has 0 saturated heterocycles. The molecular weight excluding hydrogens is 184 g/mol. The maximum absolute atomic E-state index is 9.71. The molecule has 0 saturated carbocycles. The molecule has 0 fully saturated rings. The van der Waals surface area contributed by atoms with E-state index in [1.807, 2.05) is 26.2 Å². The van der Waals surface area contributed by atoms with E-state index in [0.29, 0.717) is 6.54 Å². The van der Waals surface area contributed by atoms with Gasteiger partial charge in [-0.15, -0.1) is 11.3 Å². The van der Waals surface area contributed by atoms with Crippen LogP contribution in [0.5, 0.6) is 0 Å². The summed E-state index contributed by atoms with van der Waals surface area (Å²) in [6.07, 6.45) is 0.740. The Kier molecular flexibility index (Phi) is 3.27. The summed E-state index contributed by atoms with van der Waals surface area (Å²) >= 11 is 1.57. The third-order valence-electron chi connectivity index (χ3n) is 2.00. The lowest BCUT2D eigenvalue weighted by molar-refractivity contribution is 0.0697. The van der Waals surface area contributed by atoms with Crippen LogP contribution in [0.25, 0.3) is 0 Å². The van der Waals surface area contributed by atoms with Crippen molar-refractivity contribution in [3.8, 4) is 0 Å². The molecule has 0 radical (unpaired) electrons. The zero-order valence-corrected chi connectivity index (χ0v) is 9.11. The molecule has 13 heavy (non-hydrogen) atoms. The highest BCUT2D eigenvalue weighted by molar-refractivity contribution is 7.13. The second kappa shape index (κ2) is 4.07. The van der Waals surface area contributed by atoms with E-state index in [0.717, 1.165) is 17.2 Å². The predicted molar refractivity (Wildman–Crippen MR) is 56.3 cm³/mol. The van der Waals surface area contributed by atoms with Gasteiger partial charge in [-0.25, -0.2) is 4.98 Å². The van der Waals surface area contributed by atoms with Gasteiger partial charge in [-0.3, -0.25) is 0 Å². The summed E-state index contributed by atoms with van der Waals surface area (Å²) < 4.78 is 0. The van der Waals surface area contributed by atoms with Crippen LogP contribution in [0.15, 0.2) is 5.38 Å². The van der Waals surface area contributed by atoms with Crippen LogP contribution in [-0.2, 0) is 0 Å². The quantitative estimate of drug-likeness (QED) is 0.781. The van der Waals surface area contributed by atoms with E-state index < -0.39 is 5.60 Å². The van der Waals surface area contributed by atoms with Crippen molar-refractivity contribution in [1.82, 2.24) is 4.98 Å². The Morgan fingerprint density at radius 3 is 2.85 bits per heavy atom. The van der Waals surface area contributed by atoms with Gasteiger partial charge in [0.2, 0.25) is 0 Å². The molecule has 74 valence electrons. The van der Waals surface area contributed by atoms with Gasteiger partial charge in [0.05, 0.1) is 11.3 Å². The van der Waals surface area contributed by atoms with E-state index in [4.69, 9.17) is 0 Å². The first-order valence-corrected chi connectivity index (χ1v) is 5.30. The number of hydrogen-bond acceptors (Lipinski definition) is 4. The summed E-state index contributed by atoms with van der Waals surface area (Å²) in [4.78, 5) is 4.24. The Bertz CT molecular complexity index is 270. The summed E-state index contributed by atoms with van der Waals surface area (Å²) in [5.41, 5.74) is 0.378. The smallest absolute Gasteiger partial charge is 0.182 e. The average Bonchev–Trinajstić information content (AvgIpc) is 2.48. The predicted octanol–water partition coefficient (Wildman–Crippen LogP) is 2.02. The van der Waals surface area contributed by atoms with E-state index >= 15 is 0 Å². The first-order valence-electron chi connectivity index (χ1n) is 4.42. The van der Waals surface area contributed by atoms with Crippen LogP contribution in [0.3, 0.4) is 0 Å². The minimum absolute atomic E-state index is 0.552. The van der Waals surface area contributed by atoms with Crippen molar-refractivity contribution in [2.75, 3.05) is 11.9 Å². The van der Waals surface area contributed by atoms with Gasteiger partial charge in [0.25, 0.3) is 0 Å². The maximum Gasteiger partial charge on any atom is 0.182 e. The van der Waals surface area contributed by atoms with Gasteiger partial charge in [-0.2, -0.15) is 0 Å². The number of thiazole rings is 1. The number of aromatic nitrogens is 1. The molecular formula is C9H16N2OS. The van der Waals surface area contributed by atoms with E-state index in [2.05, 4.69) is 10.3 Å². The van der Waals surface area contributed by atoms with Gasteiger partial charge >= 0.3 is 0 Å². The summed E-state index contributed by atoms with van der Waals surface area (Å²) in [7, 11) is 0. The van der Waals surface area contributed by atoms with Crippen LogP contribution in [0, 0.1) is 6.92 Å². The maximum atomic E-state index is 9.71. The second-order valence-electron chi connectivity index (χ2n) is 3.50. The number of rotatable bonds is 4. The highest BCUT2D eigenvalue weighted by atomic mass is 32.1. The van der Waals surface area contributed by atoms with Crippen molar-refractivity contribution >= 4 is 16.5 Å². The highest BCUT2D eigenvalue weighted by Crippen LogP contribution is 2.16. The van der Waals surface area contributed by atoms with Crippen molar-refractivity contribution in [2.24, 2.45) is 0 Å². The zero-order chi connectivity index (χ0) is 9.90. The molecule has 0 aliphatic carbocycles. The minimum Gasteiger partial charge on any atom is -0.388 e. The number of anilines is 1. The molecule has 2 N–H and O–H groups in total. The van der Waals surface area contributed by atoms with E-state index in [-0.39, 0.29) is 0 Å². The molecule has 1 rings (SSSR count). The molecule has 0 spiro atoms. The largest absolute Gasteiger partial charge is 0.388 e. The molecule has 0 bridgehead atoms. The first kappa shape index (κ1) is 10.5. The van der Waals surface area contributed by atoms with Crippen LogP contribution >= 0.6 is 11.3 Å². The van der Waals surface area contributed by atoms with Gasteiger partial charge < -0.3 is 10.4 Å². The van der Waals surface area contributed by atoms with Crippen molar-refractivity contribution in [2.45, 2.75) is 32.8 Å². The Balaban J connectivity index is 2.43. The fourth-order valence-corrected chi connectivity index (χ4v) is 1.51. The molecule has 1 heterocycles. The summed E-state index contributed by atoms with van der Waals surface area (Å²) in [6.45, 7) is 6.30. The lowest BCUT2D eigenvalue weighted by Crippen LogP contribution is -2.32. The number of nitrogens with one attached hydrogen (secondary N) is 1. The van der Waals surface area contributed by atoms with Crippen LogP contribution in [0.1, 0.15) is 26.0 Å². The van der Waals surface area contributed by atoms with Crippen LogP contribution < -0.4 is 5.32 Å². The number of nitrogens with zero attached hydrogens (tertiary/aromatic N) is 1. The minimum atomic E-state index is -0.639. The molecule has 3 nitrogen and oxygen atoms in total. The molecule has 0 aromatic carbocycles. The Labute approximate surface area is 82.8 Å². The fraction of sp³-hybridized carbons (Fsp3) is 0.667. The zero-order valence-electron chi connectivity index (χ0n) is 8.29. The monoisotopic (exact) mass is 200 g/mol. The summed E-state index contributed by atoms with van der Waals surface area (Å²) in [5.74, 6) is 0. The lowest BCUT2D eigenvalue weighted by atomic mass is 10.0. The van der Waals surface area contributed by atoms with Crippen molar-refractivity contribution in [3.63, 3.8) is 0 Å². The fourth-order valence-electron chi connectivity index (χ4n) is 0.826. The number of aliphatic hydroxyl groups is 1. The van der Waals surface area contributed by atoms with E-state index in [1.54, 1.807) is 11.3 Å². The second-order valence-corrected chi connectivity index (χ2v) is 4.36. The lowest BCUT2D eigenvalue weighted by Gasteiger charge is -2.21. The molecule has 1 aromatic heterocycles.